The van der Waals surface area contributed by atoms with Gasteiger partial charge in [-0.1, -0.05) is 36.4 Å². The monoisotopic (exact) mass is 282 g/mol. The first-order valence-electron chi connectivity index (χ1n) is 7.16. The lowest BCUT2D eigenvalue weighted by atomic mass is 10.2. The van der Waals surface area contributed by atoms with Gasteiger partial charge in [-0.25, -0.2) is 4.79 Å². The van der Waals surface area contributed by atoms with Crippen LogP contribution >= 0.6 is 0 Å². The average molecular weight is 282 g/mol. The van der Waals surface area contributed by atoms with Crippen molar-refractivity contribution in [2.75, 3.05) is 24.6 Å². The molecule has 0 spiro atoms. The number of para-hydroxylation sites is 2. The summed E-state index contributed by atoms with van der Waals surface area (Å²) < 4.78 is 5.56. The Kier molecular flexibility index (Phi) is 4.05. The van der Waals surface area contributed by atoms with Gasteiger partial charge in [0, 0.05) is 12.2 Å². The minimum Gasteiger partial charge on any atom is -0.492 e. The van der Waals surface area contributed by atoms with Gasteiger partial charge in [-0.05, 0) is 30.2 Å². The summed E-state index contributed by atoms with van der Waals surface area (Å²) in [5, 5.41) is 2.90. The highest BCUT2D eigenvalue weighted by Crippen LogP contribution is 2.27. The fourth-order valence-electron chi connectivity index (χ4n) is 2.49. The molecule has 0 aliphatic carbocycles. The Labute approximate surface area is 124 Å². The van der Waals surface area contributed by atoms with Gasteiger partial charge < -0.3 is 10.1 Å². The topological polar surface area (TPSA) is 41.6 Å². The lowest BCUT2D eigenvalue weighted by Crippen LogP contribution is -2.40. The van der Waals surface area contributed by atoms with Crippen LogP contribution in [0.25, 0.3) is 0 Å². The summed E-state index contributed by atoms with van der Waals surface area (Å²) in [7, 11) is 0. The SMILES string of the molecule is O=C(NCCOc1ccccc1)N1CCc2ccccc21. The van der Waals surface area contributed by atoms with Crippen LogP contribution in [-0.4, -0.2) is 25.7 Å². The van der Waals surface area contributed by atoms with Crippen molar-refractivity contribution < 1.29 is 9.53 Å². The van der Waals surface area contributed by atoms with E-state index in [2.05, 4.69) is 11.4 Å². The first-order chi connectivity index (χ1) is 10.3. The molecule has 0 fully saturated rings. The van der Waals surface area contributed by atoms with Crippen LogP contribution < -0.4 is 15.0 Å². The Balaban J connectivity index is 1.47. The molecule has 0 aromatic heterocycles. The standard InChI is InChI=1S/C17H18N2O2/c20-17(18-11-13-21-15-7-2-1-3-8-15)19-12-10-14-6-4-5-9-16(14)19/h1-9H,10-13H2,(H,18,20). The molecule has 1 aliphatic rings. The fraction of sp³-hybridized carbons (Fsp3) is 0.235. The summed E-state index contributed by atoms with van der Waals surface area (Å²) in [6.07, 6.45) is 0.921. The number of hydrogen-bond donors (Lipinski definition) is 1. The zero-order valence-corrected chi connectivity index (χ0v) is 11.8. The number of nitrogens with zero attached hydrogens (tertiary/aromatic N) is 1. The van der Waals surface area contributed by atoms with Crippen molar-refractivity contribution in [1.82, 2.24) is 5.32 Å². The van der Waals surface area contributed by atoms with Gasteiger partial charge in [0.05, 0.1) is 6.54 Å². The molecule has 0 bridgehead atoms. The number of fused-ring (bicyclic) bond motifs is 1. The molecular formula is C17H18N2O2. The molecule has 3 rings (SSSR count). The van der Waals surface area contributed by atoms with E-state index < -0.39 is 0 Å². The molecule has 0 unspecified atom stereocenters. The summed E-state index contributed by atoms with van der Waals surface area (Å²) in [5.74, 6) is 0.818. The molecule has 1 aliphatic heterocycles. The molecule has 2 aromatic rings. The number of rotatable bonds is 4. The van der Waals surface area contributed by atoms with Crippen molar-refractivity contribution in [3.8, 4) is 5.75 Å². The van der Waals surface area contributed by atoms with Gasteiger partial charge in [-0.15, -0.1) is 0 Å². The molecule has 2 amide bonds. The van der Waals surface area contributed by atoms with Gasteiger partial charge in [0.25, 0.3) is 0 Å². The third-order valence-corrected chi connectivity index (χ3v) is 3.52. The zero-order chi connectivity index (χ0) is 14.5. The number of hydrogen-bond acceptors (Lipinski definition) is 2. The van der Waals surface area contributed by atoms with Crippen LogP contribution in [0.1, 0.15) is 5.56 Å². The van der Waals surface area contributed by atoms with Crippen LogP contribution in [0.4, 0.5) is 10.5 Å². The first kappa shape index (κ1) is 13.5. The van der Waals surface area contributed by atoms with E-state index in [-0.39, 0.29) is 6.03 Å². The van der Waals surface area contributed by atoms with Gasteiger partial charge in [0.1, 0.15) is 12.4 Å². The average Bonchev–Trinajstić information content (AvgIpc) is 2.96. The Morgan fingerprint density at radius 2 is 1.86 bits per heavy atom. The van der Waals surface area contributed by atoms with E-state index in [9.17, 15) is 4.79 Å². The number of carbonyl (C=O) groups is 1. The second kappa shape index (κ2) is 6.31. The van der Waals surface area contributed by atoms with Crippen molar-refractivity contribution in [1.29, 1.82) is 0 Å². The Morgan fingerprint density at radius 1 is 1.10 bits per heavy atom. The zero-order valence-electron chi connectivity index (χ0n) is 11.8. The van der Waals surface area contributed by atoms with Gasteiger partial charge in [-0.2, -0.15) is 0 Å². The van der Waals surface area contributed by atoms with Gasteiger partial charge in [0.15, 0.2) is 0 Å². The summed E-state index contributed by atoms with van der Waals surface area (Å²) >= 11 is 0. The van der Waals surface area contributed by atoms with Crippen molar-refractivity contribution >= 4 is 11.7 Å². The molecule has 0 saturated carbocycles. The van der Waals surface area contributed by atoms with E-state index >= 15 is 0 Å². The van der Waals surface area contributed by atoms with E-state index in [1.165, 1.54) is 5.56 Å². The van der Waals surface area contributed by atoms with Gasteiger partial charge >= 0.3 is 6.03 Å². The Morgan fingerprint density at radius 3 is 2.71 bits per heavy atom. The van der Waals surface area contributed by atoms with E-state index in [4.69, 9.17) is 4.74 Å². The van der Waals surface area contributed by atoms with Crippen LogP contribution in [0.2, 0.25) is 0 Å². The van der Waals surface area contributed by atoms with Gasteiger partial charge in [0.2, 0.25) is 0 Å². The molecule has 0 saturated heterocycles. The number of benzene rings is 2. The second-order valence-corrected chi connectivity index (χ2v) is 4.92. The Bertz CT molecular complexity index is 613. The number of anilines is 1. The molecule has 0 atom stereocenters. The fourth-order valence-corrected chi connectivity index (χ4v) is 2.49. The molecular weight excluding hydrogens is 264 g/mol. The van der Waals surface area contributed by atoms with Crippen LogP contribution in [0, 0.1) is 0 Å². The minimum absolute atomic E-state index is 0.0587. The lowest BCUT2D eigenvalue weighted by Gasteiger charge is -2.18. The first-order valence-corrected chi connectivity index (χ1v) is 7.16. The van der Waals surface area contributed by atoms with E-state index in [1.807, 2.05) is 48.5 Å². The molecule has 1 N–H and O–H groups in total. The number of ether oxygens (including phenoxy) is 1. The summed E-state index contributed by atoms with van der Waals surface area (Å²) in [6, 6.07) is 17.6. The molecule has 0 radical (unpaired) electrons. The molecule has 108 valence electrons. The molecule has 21 heavy (non-hydrogen) atoms. The van der Waals surface area contributed by atoms with Crippen molar-refractivity contribution in [3.63, 3.8) is 0 Å². The van der Waals surface area contributed by atoms with Gasteiger partial charge in [-0.3, -0.25) is 4.90 Å². The minimum atomic E-state index is -0.0587. The van der Waals surface area contributed by atoms with Crippen LogP contribution in [0.3, 0.4) is 0 Å². The van der Waals surface area contributed by atoms with E-state index in [0.29, 0.717) is 13.2 Å². The smallest absolute Gasteiger partial charge is 0.322 e. The number of amides is 2. The van der Waals surface area contributed by atoms with Crippen LogP contribution in [0.15, 0.2) is 54.6 Å². The van der Waals surface area contributed by atoms with Crippen molar-refractivity contribution in [2.45, 2.75) is 6.42 Å². The Hall–Kier alpha value is -2.49. The summed E-state index contributed by atoms with van der Waals surface area (Å²) in [6.45, 7) is 1.70. The maximum atomic E-state index is 12.2. The molecule has 1 heterocycles. The largest absolute Gasteiger partial charge is 0.492 e. The number of carbonyl (C=O) groups excluding carboxylic acids is 1. The molecule has 4 heteroatoms. The van der Waals surface area contributed by atoms with Crippen LogP contribution in [0.5, 0.6) is 5.75 Å². The highest BCUT2D eigenvalue weighted by atomic mass is 16.5. The van der Waals surface area contributed by atoms with Crippen molar-refractivity contribution in [3.05, 3.63) is 60.2 Å². The van der Waals surface area contributed by atoms with Crippen molar-refractivity contribution in [2.24, 2.45) is 0 Å². The highest BCUT2D eigenvalue weighted by molar-refractivity contribution is 5.94. The van der Waals surface area contributed by atoms with Crippen LogP contribution in [-0.2, 0) is 6.42 Å². The summed E-state index contributed by atoms with van der Waals surface area (Å²) in [5.41, 5.74) is 2.24. The maximum absolute atomic E-state index is 12.2. The third kappa shape index (κ3) is 3.16. The third-order valence-electron chi connectivity index (χ3n) is 3.52. The van der Waals surface area contributed by atoms with E-state index in [0.717, 1.165) is 24.4 Å². The normalized spacial score (nSPS) is 12.9. The lowest BCUT2D eigenvalue weighted by molar-refractivity contribution is 0.242. The second-order valence-electron chi connectivity index (χ2n) is 4.92. The van der Waals surface area contributed by atoms with E-state index in [1.54, 1.807) is 4.90 Å². The summed E-state index contributed by atoms with van der Waals surface area (Å²) in [4.78, 5) is 14.0. The maximum Gasteiger partial charge on any atom is 0.322 e. The molecule has 4 nitrogen and oxygen atoms in total. The number of nitrogens with one attached hydrogen (secondary N) is 1. The predicted molar refractivity (Wildman–Crippen MR) is 82.8 cm³/mol. The molecule has 2 aromatic carbocycles. The quantitative estimate of drug-likeness (QED) is 0.876. The predicted octanol–water partition coefficient (Wildman–Crippen LogP) is 2.84. The number of urea groups is 1. The highest BCUT2D eigenvalue weighted by Gasteiger charge is 2.23.